The first-order valence-corrected chi connectivity index (χ1v) is 10.2. The van der Waals surface area contributed by atoms with Gasteiger partial charge in [-0.15, -0.1) is 0 Å². The average Bonchev–Trinajstić information content (AvgIpc) is 3.12. The molecule has 0 atom stereocenters. The zero-order valence-electron chi connectivity index (χ0n) is 16.4. The summed E-state index contributed by atoms with van der Waals surface area (Å²) in [5, 5.41) is 7.18. The fourth-order valence-corrected chi connectivity index (χ4v) is 3.77. The zero-order chi connectivity index (χ0) is 22.0. The Hall–Kier alpha value is -3.53. The second-order valence-electron chi connectivity index (χ2n) is 6.79. The van der Waals surface area contributed by atoms with E-state index in [0.29, 0.717) is 21.9 Å². The highest BCUT2D eigenvalue weighted by atomic mass is 32.2. The summed E-state index contributed by atoms with van der Waals surface area (Å²) in [5.41, 5.74) is 1.45. The summed E-state index contributed by atoms with van der Waals surface area (Å²) in [5.74, 6) is -1.11. The number of hydrogen-bond acceptors (Lipinski definition) is 5. The Balaban J connectivity index is 1.60. The molecule has 0 bridgehead atoms. The van der Waals surface area contributed by atoms with E-state index >= 15 is 0 Å². The summed E-state index contributed by atoms with van der Waals surface area (Å²) in [6, 6.07) is 11.2. The maximum atomic E-state index is 13.2. The number of amides is 1. The van der Waals surface area contributed by atoms with E-state index in [0.717, 1.165) is 11.8 Å². The van der Waals surface area contributed by atoms with Gasteiger partial charge in [-0.3, -0.25) is 18.8 Å². The number of halogens is 2. The summed E-state index contributed by atoms with van der Waals surface area (Å²) in [6.07, 6.45) is 1.63. The minimum Gasteiger partial charge on any atom is -0.325 e. The van der Waals surface area contributed by atoms with E-state index in [1.54, 1.807) is 25.4 Å². The van der Waals surface area contributed by atoms with E-state index in [1.807, 2.05) is 0 Å². The molecule has 0 aliphatic carbocycles. The Labute approximate surface area is 179 Å². The highest BCUT2D eigenvalue weighted by molar-refractivity contribution is 7.99. The van der Waals surface area contributed by atoms with Crippen LogP contribution in [0, 0.1) is 11.6 Å². The van der Waals surface area contributed by atoms with Gasteiger partial charge in [0.05, 0.1) is 18.5 Å². The van der Waals surface area contributed by atoms with Gasteiger partial charge in [0.2, 0.25) is 5.91 Å². The molecule has 7 nitrogen and oxygen atoms in total. The van der Waals surface area contributed by atoms with Gasteiger partial charge < -0.3 is 5.32 Å². The third-order valence-electron chi connectivity index (χ3n) is 4.42. The number of carbonyl (C=O) groups is 1. The van der Waals surface area contributed by atoms with Crippen LogP contribution < -0.4 is 10.9 Å². The molecule has 1 amide bonds. The standard InChI is InChI=1S/C21H17F2N5O2S/c1-27-11-17-19(26-27)20(30)28(10-13-2-4-14(22)5-3-13)21(25-17)31-12-18(29)24-16-8-6-15(23)7-9-16/h2-9,11H,10,12H2,1H3,(H,24,29). The highest BCUT2D eigenvalue weighted by Crippen LogP contribution is 2.19. The fourth-order valence-electron chi connectivity index (χ4n) is 2.97. The van der Waals surface area contributed by atoms with E-state index in [9.17, 15) is 18.4 Å². The normalized spacial score (nSPS) is 11.1. The SMILES string of the molecule is Cn1cc2nc(SCC(=O)Nc3ccc(F)cc3)n(Cc3ccc(F)cc3)c(=O)c2n1. The number of benzene rings is 2. The van der Waals surface area contributed by atoms with E-state index in [-0.39, 0.29) is 35.1 Å². The van der Waals surface area contributed by atoms with Gasteiger partial charge in [-0.05, 0) is 42.0 Å². The summed E-state index contributed by atoms with van der Waals surface area (Å²) in [4.78, 5) is 29.9. The molecule has 31 heavy (non-hydrogen) atoms. The van der Waals surface area contributed by atoms with Crippen LogP contribution >= 0.6 is 11.8 Å². The smallest absolute Gasteiger partial charge is 0.282 e. The summed E-state index contributed by atoms with van der Waals surface area (Å²) < 4.78 is 29.2. The maximum absolute atomic E-state index is 13.2. The third kappa shape index (κ3) is 4.80. The first-order valence-electron chi connectivity index (χ1n) is 9.26. The van der Waals surface area contributed by atoms with Gasteiger partial charge in [0.15, 0.2) is 10.7 Å². The molecule has 0 radical (unpaired) electrons. The minimum atomic E-state index is -0.397. The van der Waals surface area contributed by atoms with Crippen molar-refractivity contribution in [3.05, 3.63) is 82.3 Å². The van der Waals surface area contributed by atoms with Gasteiger partial charge >= 0.3 is 0 Å². The van der Waals surface area contributed by atoms with Crippen molar-refractivity contribution in [3.8, 4) is 0 Å². The van der Waals surface area contributed by atoms with Crippen molar-refractivity contribution in [1.29, 1.82) is 0 Å². The minimum absolute atomic E-state index is 0.0149. The van der Waals surface area contributed by atoms with Crippen LogP contribution in [-0.2, 0) is 18.4 Å². The Morgan fingerprint density at radius 2 is 1.71 bits per heavy atom. The average molecular weight is 441 g/mol. The second kappa shape index (κ2) is 8.68. The highest BCUT2D eigenvalue weighted by Gasteiger charge is 2.16. The molecule has 0 fully saturated rings. The van der Waals surface area contributed by atoms with Crippen molar-refractivity contribution in [2.75, 3.05) is 11.1 Å². The zero-order valence-corrected chi connectivity index (χ0v) is 17.2. The molecule has 0 saturated carbocycles. The van der Waals surface area contributed by atoms with Crippen LogP contribution in [0.5, 0.6) is 0 Å². The van der Waals surface area contributed by atoms with Gasteiger partial charge in [-0.25, -0.2) is 13.8 Å². The van der Waals surface area contributed by atoms with Gasteiger partial charge in [-0.1, -0.05) is 23.9 Å². The number of nitrogens with zero attached hydrogens (tertiary/aromatic N) is 4. The van der Waals surface area contributed by atoms with Crippen LogP contribution in [-0.4, -0.2) is 31.0 Å². The molecule has 2 aromatic carbocycles. The number of aryl methyl sites for hydroxylation is 1. The number of hydrogen-bond donors (Lipinski definition) is 1. The van der Waals surface area contributed by atoms with Crippen LogP contribution in [0.4, 0.5) is 14.5 Å². The topological polar surface area (TPSA) is 81.8 Å². The van der Waals surface area contributed by atoms with Gasteiger partial charge in [0, 0.05) is 12.7 Å². The molecule has 2 heterocycles. The number of nitrogens with one attached hydrogen (secondary N) is 1. The lowest BCUT2D eigenvalue weighted by Crippen LogP contribution is -2.25. The van der Waals surface area contributed by atoms with Crippen LogP contribution in [0.3, 0.4) is 0 Å². The first-order chi connectivity index (χ1) is 14.9. The monoisotopic (exact) mass is 441 g/mol. The van der Waals surface area contributed by atoms with Crippen LogP contribution in [0.25, 0.3) is 11.0 Å². The molecule has 0 aliphatic rings. The van der Waals surface area contributed by atoms with Crippen molar-refractivity contribution in [2.24, 2.45) is 7.05 Å². The summed E-state index contributed by atoms with van der Waals surface area (Å²) in [7, 11) is 1.69. The number of rotatable bonds is 6. The molecule has 10 heteroatoms. The molecule has 4 aromatic rings. The Kier molecular flexibility index (Phi) is 5.81. The summed E-state index contributed by atoms with van der Waals surface area (Å²) >= 11 is 1.09. The molecule has 0 aliphatic heterocycles. The quantitative estimate of drug-likeness (QED) is 0.367. The van der Waals surface area contributed by atoms with Crippen molar-refractivity contribution < 1.29 is 13.6 Å². The van der Waals surface area contributed by atoms with E-state index in [4.69, 9.17) is 0 Å². The molecule has 4 rings (SSSR count). The van der Waals surface area contributed by atoms with Crippen LogP contribution in [0.1, 0.15) is 5.56 Å². The van der Waals surface area contributed by atoms with Crippen molar-refractivity contribution in [3.63, 3.8) is 0 Å². The fraction of sp³-hybridized carbons (Fsp3) is 0.143. The van der Waals surface area contributed by atoms with Crippen LogP contribution in [0.15, 0.2) is 64.7 Å². The van der Waals surface area contributed by atoms with E-state index < -0.39 is 5.82 Å². The molecule has 0 saturated heterocycles. The largest absolute Gasteiger partial charge is 0.325 e. The molecule has 0 unspecified atom stereocenters. The lowest BCUT2D eigenvalue weighted by atomic mass is 10.2. The van der Waals surface area contributed by atoms with Gasteiger partial charge in [0.1, 0.15) is 17.2 Å². The van der Waals surface area contributed by atoms with E-state index in [1.165, 1.54) is 45.6 Å². The molecular weight excluding hydrogens is 424 g/mol. The number of carbonyl (C=O) groups excluding carboxylic acids is 1. The molecular formula is C21H17F2N5O2S. The van der Waals surface area contributed by atoms with Crippen molar-refractivity contribution >= 4 is 34.4 Å². The van der Waals surface area contributed by atoms with Crippen molar-refractivity contribution in [1.82, 2.24) is 19.3 Å². The lowest BCUT2D eigenvalue weighted by molar-refractivity contribution is -0.113. The number of fused-ring (bicyclic) bond motifs is 1. The summed E-state index contributed by atoms with van der Waals surface area (Å²) in [6.45, 7) is 0.153. The predicted molar refractivity (Wildman–Crippen MR) is 114 cm³/mol. The molecule has 0 spiro atoms. The Bertz CT molecular complexity index is 1300. The third-order valence-corrected chi connectivity index (χ3v) is 5.39. The molecule has 1 N–H and O–H groups in total. The van der Waals surface area contributed by atoms with E-state index in [2.05, 4.69) is 15.4 Å². The Morgan fingerprint density at radius 3 is 2.39 bits per heavy atom. The van der Waals surface area contributed by atoms with Crippen LogP contribution in [0.2, 0.25) is 0 Å². The maximum Gasteiger partial charge on any atom is 0.282 e. The lowest BCUT2D eigenvalue weighted by Gasteiger charge is -2.12. The number of anilines is 1. The second-order valence-corrected chi connectivity index (χ2v) is 7.74. The Morgan fingerprint density at radius 1 is 1.06 bits per heavy atom. The van der Waals surface area contributed by atoms with Gasteiger partial charge in [-0.2, -0.15) is 5.10 Å². The molecule has 158 valence electrons. The van der Waals surface area contributed by atoms with Crippen molar-refractivity contribution in [2.45, 2.75) is 11.7 Å². The number of thioether (sulfide) groups is 1. The predicted octanol–water partition coefficient (Wildman–Crippen LogP) is 3.19. The molecule has 2 aromatic heterocycles. The first kappa shape index (κ1) is 20.7. The number of aromatic nitrogens is 4. The van der Waals surface area contributed by atoms with Gasteiger partial charge in [0.25, 0.3) is 5.56 Å².